The number of alkyl halides is 3. The molecule has 1 heterocycles. The molecule has 134 valence electrons. The molecule has 5 nitrogen and oxygen atoms in total. The summed E-state index contributed by atoms with van der Waals surface area (Å²) in [5.41, 5.74) is -0.652. The summed E-state index contributed by atoms with van der Waals surface area (Å²) in [7, 11) is 0. The van der Waals surface area contributed by atoms with E-state index in [1.165, 1.54) is 4.90 Å². The fourth-order valence-electron chi connectivity index (χ4n) is 2.42. The van der Waals surface area contributed by atoms with Crippen LogP contribution in [0.2, 0.25) is 0 Å². The normalized spacial score (nSPS) is 20.8. The Morgan fingerprint density at radius 2 is 1.91 bits per heavy atom. The van der Waals surface area contributed by atoms with Crippen molar-refractivity contribution in [2.24, 2.45) is 5.92 Å². The minimum Gasteiger partial charge on any atom is -0.444 e. The highest BCUT2D eigenvalue weighted by Gasteiger charge is 2.42. The van der Waals surface area contributed by atoms with Crippen LogP contribution in [0.15, 0.2) is 0 Å². The van der Waals surface area contributed by atoms with Crippen LogP contribution in [0.4, 0.5) is 18.0 Å². The second-order valence-electron chi connectivity index (χ2n) is 6.97. The maximum Gasteiger partial charge on any atom is 0.407 e. The predicted molar refractivity (Wildman–Crippen MR) is 78.8 cm³/mol. The number of piperidine rings is 1. The number of nitrogens with zero attached hydrogens (tertiary/aromatic N) is 1. The lowest BCUT2D eigenvalue weighted by Gasteiger charge is -2.34. The van der Waals surface area contributed by atoms with Crippen LogP contribution in [0.5, 0.6) is 0 Å². The average molecular weight is 338 g/mol. The zero-order valence-electron chi connectivity index (χ0n) is 14.0. The maximum atomic E-state index is 12.8. The van der Waals surface area contributed by atoms with Crippen molar-refractivity contribution < 1.29 is 27.5 Å². The number of halogens is 3. The number of nitrogens with one attached hydrogen (secondary N) is 1. The Labute approximate surface area is 134 Å². The molecule has 0 aliphatic carbocycles. The van der Waals surface area contributed by atoms with E-state index in [9.17, 15) is 22.8 Å². The molecule has 2 amide bonds. The minimum absolute atomic E-state index is 0.0518. The van der Waals surface area contributed by atoms with Crippen molar-refractivity contribution in [2.45, 2.75) is 64.8 Å². The van der Waals surface area contributed by atoms with Gasteiger partial charge in [-0.25, -0.2) is 4.79 Å². The Morgan fingerprint density at radius 1 is 1.30 bits per heavy atom. The summed E-state index contributed by atoms with van der Waals surface area (Å²) in [6.45, 7) is 6.79. The molecule has 8 heteroatoms. The molecule has 1 rings (SSSR count). The van der Waals surface area contributed by atoms with Gasteiger partial charge in [-0.1, -0.05) is 0 Å². The minimum atomic E-state index is -4.28. The van der Waals surface area contributed by atoms with E-state index in [1.54, 1.807) is 27.7 Å². The monoisotopic (exact) mass is 338 g/mol. The second kappa shape index (κ2) is 7.40. The Hall–Kier alpha value is -1.47. The van der Waals surface area contributed by atoms with Crippen LogP contribution < -0.4 is 5.32 Å². The van der Waals surface area contributed by atoms with Gasteiger partial charge >= 0.3 is 12.3 Å². The van der Waals surface area contributed by atoms with Gasteiger partial charge in [0.2, 0.25) is 5.91 Å². The average Bonchev–Trinajstić information content (AvgIpc) is 2.35. The Morgan fingerprint density at radius 3 is 2.43 bits per heavy atom. The first-order chi connectivity index (χ1) is 10.4. The first-order valence-corrected chi connectivity index (χ1v) is 7.72. The van der Waals surface area contributed by atoms with E-state index in [1.807, 2.05) is 0 Å². The molecule has 0 aromatic heterocycles. The Balaban J connectivity index is 2.47. The van der Waals surface area contributed by atoms with Gasteiger partial charge in [0.25, 0.3) is 0 Å². The molecule has 0 bridgehead atoms. The number of likely N-dealkylation sites (tertiary alicyclic amines) is 1. The molecule has 1 aliphatic rings. The standard InChI is InChI=1S/C15H25F3N2O3/c1-10(19-13(22)23-14(2,3)4)8-12(21)20-7-5-6-11(9-20)15(16,17)18/h10-11H,5-9H2,1-4H3,(H,19,22)/t10-,11+/m1/s1. The number of amides is 2. The third kappa shape index (κ3) is 7.09. The summed E-state index contributed by atoms with van der Waals surface area (Å²) in [5.74, 6) is -1.85. The van der Waals surface area contributed by atoms with E-state index in [2.05, 4.69) is 5.32 Å². The molecular formula is C15H25F3N2O3. The van der Waals surface area contributed by atoms with Gasteiger partial charge in [0.15, 0.2) is 0 Å². The molecule has 0 aromatic carbocycles. The van der Waals surface area contributed by atoms with Crippen molar-refractivity contribution in [3.8, 4) is 0 Å². The number of hydrogen-bond donors (Lipinski definition) is 1. The van der Waals surface area contributed by atoms with Crippen LogP contribution >= 0.6 is 0 Å². The molecule has 23 heavy (non-hydrogen) atoms. The summed E-state index contributed by atoms with van der Waals surface area (Å²) in [5, 5.41) is 2.52. The number of ether oxygens (including phenoxy) is 1. The first kappa shape index (κ1) is 19.6. The lowest BCUT2D eigenvalue weighted by Crippen LogP contribution is -2.47. The summed E-state index contributed by atoms with van der Waals surface area (Å²) in [4.78, 5) is 24.9. The largest absolute Gasteiger partial charge is 0.444 e. The fourth-order valence-corrected chi connectivity index (χ4v) is 2.42. The molecule has 2 atom stereocenters. The van der Waals surface area contributed by atoms with Crippen LogP contribution in [0, 0.1) is 5.92 Å². The molecule has 1 fully saturated rings. The van der Waals surface area contributed by atoms with Crippen LogP contribution in [0.25, 0.3) is 0 Å². The SMILES string of the molecule is C[C@H](CC(=O)N1CCC[C@H](C(F)(F)F)C1)NC(=O)OC(C)(C)C. The van der Waals surface area contributed by atoms with Crippen molar-refractivity contribution in [1.82, 2.24) is 10.2 Å². The third-order valence-electron chi connectivity index (χ3n) is 3.48. The topological polar surface area (TPSA) is 58.6 Å². The van der Waals surface area contributed by atoms with Gasteiger partial charge in [-0.3, -0.25) is 4.79 Å². The van der Waals surface area contributed by atoms with E-state index in [-0.39, 0.29) is 25.3 Å². The van der Waals surface area contributed by atoms with Gasteiger partial charge in [-0.2, -0.15) is 13.2 Å². The Bertz CT molecular complexity index is 433. The highest BCUT2D eigenvalue weighted by atomic mass is 19.4. The van der Waals surface area contributed by atoms with Crippen LogP contribution in [-0.2, 0) is 9.53 Å². The predicted octanol–water partition coefficient (Wildman–Crippen LogP) is 3.09. The molecule has 1 saturated heterocycles. The van der Waals surface area contributed by atoms with Gasteiger partial charge in [-0.05, 0) is 40.5 Å². The van der Waals surface area contributed by atoms with Crippen molar-refractivity contribution in [3.05, 3.63) is 0 Å². The lowest BCUT2D eigenvalue weighted by atomic mass is 9.97. The molecular weight excluding hydrogens is 313 g/mol. The van der Waals surface area contributed by atoms with Crippen molar-refractivity contribution in [3.63, 3.8) is 0 Å². The lowest BCUT2D eigenvalue weighted by molar-refractivity contribution is -0.188. The zero-order chi connectivity index (χ0) is 17.8. The van der Waals surface area contributed by atoms with Crippen molar-refractivity contribution in [2.75, 3.05) is 13.1 Å². The van der Waals surface area contributed by atoms with Gasteiger partial charge in [0, 0.05) is 25.6 Å². The maximum absolute atomic E-state index is 12.8. The van der Waals surface area contributed by atoms with Gasteiger partial charge in [-0.15, -0.1) is 0 Å². The first-order valence-electron chi connectivity index (χ1n) is 7.72. The van der Waals surface area contributed by atoms with E-state index in [4.69, 9.17) is 4.74 Å². The quantitative estimate of drug-likeness (QED) is 0.860. The fraction of sp³-hybridized carbons (Fsp3) is 0.867. The van der Waals surface area contributed by atoms with Gasteiger partial charge in [0.1, 0.15) is 5.60 Å². The van der Waals surface area contributed by atoms with Crippen molar-refractivity contribution >= 4 is 12.0 Å². The molecule has 0 spiro atoms. The summed E-state index contributed by atoms with van der Waals surface area (Å²) in [6.07, 6.45) is -4.59. The molecule has 1 N–H and O–H groups in total. The third-order valence-corrected chi connectivity index (χ3v) is 3.48. The Kier molecular flexibility index (Phi) is 6.30. The number of alkyl carbamates (subject to hydrolysis) is 1. The van der Waals surface area contributed by atoms with Gasteiger partial charge < -0.3 is 15.0 Å². The van der Waals surface area contributed by atoms with E-state index in [0.29, 0.717) is 13.0 Å². The summed E-state index contributed by atoms with van der Waals surface area (Å²) >= 11 is 0. The smallest absolute Gasteiger partial charge is 0.407 e. The van der Waals surface area contributed by atoms with E-state index < -0.39 is 29.8 Å². The summed E-state index contributed by atoms with van der Waals surface area (Å²) < 4.78 is 43.3. The second-order valence-corrected chi connectivity index (χ2v) is 6.97. The zero-order valence-corrected chi connectivity index (χ0v) is 14.0. The van der Waals surface area contributed by atoms with E-state index >= 15 is 0 Å². The summed E-state index contributed by atoms with van der Waals surface area (Å²) in [6, 6.07) is -0.511. The molecule has 1 aliphatic heterocycles. The molecule has 0 unspecified atom stereocenters. The molecule has 0 saturated carbocycles. The van der Waals surface area contributed by atoms with Crippen molar-refractivity contribution in [1.29, 1.82) is 0 Å². The number of rotatable bonds is 3. The van der Waals surface area contributed by atoms with Crippen LogP contribution in [0.3, 0.4) is 0 Å². The van der Waals surface area contributed by atoms with Crippen LogP contribution in [0.1, 0.15) is 47.0 Å². The highest BCUT2D eigenvalue weighted by molar-refractivity contribution is 5.78. The molecule has 0 aromatic rings. The highest BCUT2D eigenvalue weighted by Crippen LogP contribution is 2.33. The molecule has 0 radical (unpaired) electrons. The van der Waals surface area contributed by atoms with Crippen LogP contribution in [-0.4, -0.2) is 47.8 Å². The number of carbonyl (C=O) groups is 2. The number of hydrogen-bond acceptors (Lipinski definition) is 3. The number of carbonyl (C=O) groups excluding carboxylic acids is 2. The van der Waals surface area contributed by atoms with Gasteiger partial charge in [0.05, 0.1) is 5.92 Å². The van der Waals surface area contributed by atoms with E-state index in [0.717, 1.165) is 0 Å².